The van der Waals surface area contributed by atoms with Gasteiger partial charge >= 0.3 is 0 Å². The van der Waals surface area contributed by atoms with Crippen molar-refractivity contribution in [2.24, 2.45) is 0 Å². The molecule has 0 saturated carbocycles. The summed E-state index contributed by atoms with van der Waals surface area (Å²) in [5.41, 5.74) is 2.51. The average molecular weight is 436 g/mol. The molecule has 0 aliphatic carbocycles. The summed E-state index contributed by atoms with van der Waals surface area (Å²) in [6.45, 7) is 3.85. The Labute approximate surface area is 188 Å². The quantitative estimate of drug-likeness (QED) is 0.549. The van der Waals surface area contributed by atoms with Gasteiger partial charge in [-0.25, -0.2) is 0 Å². The number of ether oxygens (including phenoxy) is 4. The lowest BCUT2D eigenvalue weighted by molar-refractivity contribution is 0.0858. The molecule has 1 N–H and O–H groups in total. The molecule has 3 aromatic carbocycles. The van der Waals surface area contributed by atoms with E-state index in [2.05, 4.69) is 5.32 Å². The molecule has 6 nitrogen and oxygen atoms in total. The average Bonchev–Trinajstić information content (AvgIpc) is 3.35. The van der Waals surface area contributed by atoms with Gasteiger partial charge in [-0.2, -0.15) is 0 Å². The minimum atomic E-state index is -0.121. The minimum absolute atomic E-state index is 0.0920. The molecule has 1 amide bonds. The molecular formula is C26H29NO5. The van der Waals surface area contributed by atoms with Gasteiger partial charge in [0.05, 0.1) is 26.9 Å². The second kappa shape index (κ2) is 9.92. The summed E-state index contributed by atoms with van der Waals surface area (Å²) >= 11 is 0. The van der Waals surface area contributed by atoms with Gasteiger partial charge in [0.15, 0.2) is 11.5 Å². The Balaban J connectivity index is 1.76. The molecule has 32 heavy (non-hydrogen) atoms. The van der Waals surface area contributed by atoms with Gasteiger partial charge in [0.1, 0.15) is 5.75 Å². The lowest BCUT2D eigenvalue weighted by Gasteiger charge is -2.16. The Hall–Kier alpha value is -3.25. The maximum atomic E-state index is 13.0. The molecule has 4 rings (SSSR count). The summed E-state index contributed by atoms with van der Waals surface area (Å²) in [5, 5.41) is 4.90. The number of nitrogens with one attached hydrogen (secondary N) is 1. The van der Waals surface area contributed by atoms with Crippen LogP contribution in [0.15, 0.2) is 48.5 Å². The van der Waals surface area contributed by atoms with Crippen LogP contribution < -0.4 is 19.5 Å². The molecule has 0 bridgehead atoms. The summed E-state index contributed by atoms with van der Waals surface area (Å²) in [7, 11) is 3.22. The molecular weight excluding hydrogens is 406 g/mol. The van der Waals surface area contributed by atoms with E-state index in [1.165, 1.54) is 0 Å². The largest absolute Gasteiger partial charge is 0.494 e. The number of carbonyl (C=O) groups is 1. The van der Waals surface area contributed by atoms with Crippen LogP contribution in [0.25, 0.3) is 21.9 Å². The zero-order valence-corrected chi connectivity index (χ0v) is 18.8. The van der Waals surface area contributed by atoms with Crippen molar-refractivity contribution in [1.82, 2.24) is 5.32 Å². The molecule has 1 aliphatic heterocycles. The molecule has 1 aliphatic rings. The van der Waals surface area contributed by atoms with Crippen LogP contribution in [0.2, 0.25) is 0 Å². The van der Waals surface area contributed by atoms with E-state index < -0.39 is 0 Å². The Kier molecular flexibility index (Phi) is 6.81. The van der Waals surface area contributed by atoms with E-state index in [4.69, 9.17) is 18.9 Å². The van der Waals surface area contributed by atoms with Crippen molar-refractivity contribution in [3.63, 3.8) is 0 Å². The van der Waals surface area contributed by atoms with Crippen molar-refractivity contribution in [3.05, 3.63) is 54.1 Å². The van der Waals surface area contributed by atoms with Crippen molar-refractivity contribution in [1.29, 1.82) is 0 Å². The maximum absolute atomic E-state index is 13.0. The third-order valence-electron chi connectivity index (χ3n) is 5.71. The van der Waals surface area contributed by atoms with Gasteiger partial charge < -0.3 is 24.3 Å². The van der Waals surface area contributed by atoms with Gasteiger partial charge in [0.2, 0.25) is 0 Å². The standard InChI is InChI=1S/C26H29NO5/c1-4-31-20-9-7-17(8-10-20)22-13-19(26(28)27-16-21-6-5-11-32-21)12-18-14-24(29-2)25(30-3)15-23(18)22/h7-10,12-15,21H,4-6,11,16H2,1-3H3,(H,27,28)/t21-/m0/s1. The molecule has 0 radical (unpaired) electrons. The summed E-state index contributed by atoms with van der Waals surface area (Å²) in [5.74, 6) is 1.95. The molecule has 168 valence electrons. The molecule has 6 heteroatoms. The van der Waals surface area contributed by atoms with E-state index in [-0.39, 0.29) is 12.0 Å². The van der Waals surface area contributed by atoms with Gasteiger partial charge in [-0.15, -0.1) is 0 Å². The fourth-order valence-electron chi connectivity index (χ4n) is 4.07. The molecule has 0 unspecified atom stereocenters. The van der Waals surface area contributed by atoms with E-state index in [0.29, 0.717) is 30.2 Å². The van der Waals surface area contributed by atoms with E-state index in [0.717, 1.165) is 47.1 Å². The lowest BCUT2D eigenvalue weighted by Crippen LogP contribution is -2.31. The number of benzene rings is 3. The first-order chi connectivity index (χ1) is 15.6. The number of amides is 1. The first-order valence-corrected chi connectivity index (χ1v) is 11.0. The monoisotopic (exact) mass is 435 g/mol. The van der Waals surface area contributed by atoms with Crippen LogP contribution in [0.5, 0.6) is 17.2 Å². The van der Waals surface area contributed by atoms with Crippen LogP contribution in [-0.4, -0.2) is 46.0 Å². The van der Waals surface area contributed by atoms with Crippen molar-refractivity contribution in [2.75, 3.05) is 34.0 Å². The molecule has 0 aromatic heterocycles. The third-order valence-corrected chi connectivity index (χ3v) is 5.71. The number of rotatable bonds is 8. The molecule has 1 atom stereocenters. The van der Waals surface area contributed by atoms with Crippen molar-refractivity contribution < 1.29 is 23.7 Å². The van der Waals surface area contributed by atoms with Crippen LogP contribution in [-0.2, 0) is 4.74 Å². The summed E-state index contributed by atoms with van der Waals surface area (Å²) in [6, 6.07) is 15.6. The van der Waals surface area contributed by atoms with Gasteiger partial charge in [-0.3, -0.25) is 4.79 Å². The highest BCUT2D eigenvalue weighted by Crippen LogP contribution is 2.38. The Morgan fingerprint density at radius 1 is 1.06 bits per heavy atom. The van der Waals surface area contributed by atoms with E-state index in [1.807, 2.05) is 55.5 Å². The predicted octanol–water partition coefficient (Wildman–Crippen LogP) is 4.83. The van der Waals surface area contributed by atoms with E-state index in [1.54, 1.807) is 14.2 Å². The molecule has 0 spiro atoms. The number of hydrogen-bond acceptors (Lipinski definition) is 5. The number of methoxy groups -OCH3 is 2. The second-order valence-electron chi connectivity index (χ2n) is 7.75. The van der Waals surface area contributed by atoms with Crippen LogP contribution in [0.1, 0.15) is 30.1 Å². The highest BCUT2D eigenvalue weighted by Gasteiger charge is 2.19. The van der Waals surface area contributed by atoms with Crippen LogP contribution >= 0.6 is 0 Å². The molecule has 3 aromatic rings. The van der Waals surface area contributed by atoms with Gasteiger partial charge in [-0.05, 0) is 78.1 Å². The topological polar surface area (TPSA) is 66.0 Å². The zero-order chi connectivity index (χ0) is 22.5. The zero-order valence-electron chi connectivity index (χ0n) is 18.8. The Morgan fingerprint density at radius 2 is 1.81 bits per heavy atom. The van der Waals surface area contributed by atoms with E-state index in [9.17, 15) is 4.79 Å². The van der Waals surface area contributed by atoms with Crippen LogP contribution in [0.4, 0.5) is 0 Å². The maximum Gasteiger partial charge on any atom is 0.251 e. The Morgan fingerprint density at radius 3 is 2.47 bits per heavy atom. The Bertz CT molecular complexity index is 1090. The van der Waals surface area contributed by atoms with Crippen LogP contribution in [0.3, 0.4) is 0 Å². The molecule has 1 saturated heterocycles. The SMILES string of the molecule is CCOc1ccc(-c2cc(C(=O)NC[C@@H]3CCCO3)cc3cc(OC)c(OC)cc23)cc1. The normalized spacial score (nSPS) is 15.5. The summed E-state index contributed by atoms with van der Waals surface area (Å²) in [4.78, 5) is 13.0. The van der Waals surface area contributed by atoms with Crippen molar-refractivity contribution in [3.8, 4) is 28.4 Å². The smallest absolute Gasteiger partial charge is 0.251 e. The molecule has 1 fully saturated rings. The van der Waals surface area contributed by atoms with Crippen molar-refractivity contribution in [2.45, 2.75) is 25.9 Å². The van der Waals surface area contributed by atoms with E-state index >= 15 is 0 Å². The first-order valence-electron chi connectivity index (χ1n) is 11.0. The highest BCUT2D eigenvalue weighted by atomic mass is 16.5. The fourth-order valence-corrected chi connectivity index (χ4v) is 4.07. The summed E-state index contributed by atoms with van der Waals surface area (Å²) in [6.07, 6.45) is 2.11. The number of fused-ring (bicyclic) bond motifs is 1. The highest BCUT2D eigenvalue weighted by molar-refractivity contribution is 6.05. The van der Waals surface area contributed by atoms with Crippen molar-refractivity contribution >= 4 is 16.7 Å². The predicted molar refractivity (Wildman–Crippen MR) is 125 cm³/mol. The molecule has 1 heterocycles. The lowest BCUT2D eigenvalue weighted by atomic mass is 9.94. The second-order valence-corrected chi connectivity index (χ2v) is 7.75. The first kappa shape index (κ1) is 22.0. The van der Waals surface area contributed by atoms with Gasteiger partial charge in [-0.1, -0.05) is 12.1 Å². The minimum Gasteiger partial charge on any atom is -0.494 e. The number of carbonyl (C=O) groups excluding carboxylic acids is 1. The van der Waals surface area contributed by atoms with Gasteiger partial charge in [0, 0.05) is 18.7 Å². The summed E-state index contributed by atoms with van der Waals surface area (Å²) < 4.78 is 22.2. The van der Waals surface area contributed by atoms with Gasteiger partial charge in [0.25, 0.3) is 5.91 Å². The fraction of sp³-hybridized carbons (Fsp3) is 0.346. The third kappa shape index (κ3) is 4.65. The van der Waals surface area contributed by atoms with Crippen LogP contribution in [0, 0.1) is 0 Å². The number of hydrogen-bond donors (Lipinski definition) is 1.